The molecule has 0 aromatic heterocycles. The fourth-order valence-corrected chi connectivity index (χ4v) is 3.47. The van der Waals surface area contributed by atoms with Crippen LogP contribution < -0.4 is 5.32 Å². The van der Waals surface area contributed by atoms with Crippen LogP contribution in [0.25, 0.3) is 0 Å². The highest BCUT2D eigenvalue weighted by atomic mass is 32.2. The Morgan fingerprint density at radius 1 is 1.33 bits per heavy atom. The summed E-state index contributed by atoms with van der Waals surface area (Å²) < 4.78 is 33.9. The SMILES string of the molecule is COCCS(=O)(=O)c1ccc(C(=O)NC2(C(=O)O)CCOC2)cc1. The second-order valence-corrected chi connectivity index (χ2v) is 7.59. The Morgan fingerprint density at radius 2 is 2.00 bits per heavy atom. The van der Waals surface area contributed by atoms with E-state index in [1.807, 2.05) is 0 Å². The molecule has 1 aliphatic heterocycles. The Balaban J connectivity index is 2.13. The van der Waals surface area contributed by atoms with Crippen molar-refractivity contribution in [3.8, 4) is 0 Å². The van der Waals surface area contributed by atoms with Gasteiger partial charge in [0.15, 0.2) is 15.4 Å². The summed E-state index contributed by atoms with van der Waals surface area (Å²) in [6.07, 6.45) is 0.178. The number of methoxy groups -OCH3 is 1. The molecule has 132 valence electrons. The molecule has 0 aliphatic carbocycles. The first-order valence-electron chi connectivity index (χ1n) is 7.26. The van der Waals surface area contributed by atoms with Gasteiger partial charge >= 0.3 is 5.97 Å². The molecule has 0 bridgehead atoms. The molecular formula is C15H19NO7S. The zero-order valence-electron chi connectivity index (χ0n) is 13.1. The number of benzene rings is 1. The number of aliphatic carboxylic acids is 1. The minimum absolute atomic E-state index is 0.0751. The van der Waals surface area contributed by atoms with Crippen LogP contribution in [0.1, 0.15) is 16.8 Å². The van der Waals surface area contributed by atoms with Crippen LogP contribution in [0.2, 0.25) is 0 Å². The molecule has 1 aromatic rings. The number of nitrogens with one attached hydrogen (secondary N) is 1. The van der Waals surface area contributed by atoms with E-state index in [0.29, 0.717) is 0 Å². The molecule has 2 rings (SSSR count). The lowest BCUT2D eigenvalue weighted by Gasteiger charge is -2.23. The lowest BCUT2D eigenvalue weighted by atomic mass is 9.98. The number of carbonyl (C=O) groups is 2. The monoisotopic (exact) mass is 357 g/mol. The van der Waals surface area contributed by atoms with Gasteiger partial charge in [-0.3, -0.25) is 4.79 Å². The summed E-state index contributed by atoms with van der Waals surface area (Å²) in [6, 6.07) is 5.33. The van der Waals surface area contributed by atoms with E-state index in [1.54, 1.807) is 0 Å². The van der Waals surface area contributed by atoms with E-state index in [1.165, 1.54) is 31.4 Å². The van der Waals surface area contributed by atoms with Gasteiger partial charge in [0.2, 0.25) is 0 Å². The molecule has 1 heterocycles. The molecule has 0 spiro atoms. The molecule has 9 heteroatoms. The number of sulfone groups is 1. The third kappa shape index (κ3) is 3.92. The summed E-state index contributed by atoms with van der Waals surface area (Å²) >= 11 is 0. The number of amides is 1. The summed E-state index contributed by atoms with van der Waals surface area (Å²) in [5.74, 6) is -1.91. The third-order valence-corrected chi connectivity index (χ3v) is 5.51. The van der Waals surface area contributed by atoms with Crippen molar-refractivity contribution in [2.75, 3.05) is 32.7 Å². The zero-order valence-corrected chi connectivity index (χ0v) is 14.0. The first-order chi connectivity index (χ1) is 11.3. The van der Waals surface area contributed by atoms with Gasteiger partial charge in [-0.1, -0.05) is 0 Å². The molecular weight excluding hydrogens is 338 g/mol. The molecule has 1 fully saturated rings. The average Bonchev–Trinajstić information content (AvgIpc) is 3.03. The van der Waals surface area contributed by atoms with Crippen molar-refractivity contribution in [2.24, 2.45) is 0 Å². The van der Waals surface area contributed by atoms with E-state index in [2.05, 4.69) is 5.32 Å². The Morgan fingerprint density at radius 3 is 2.50 bits per heavy atom. The molecule has 1 amide bonds. The van der Waals surface area contributed by atoms with Crippen molar-refractivity contribution in [2.45, 2.75) is 16.9 Å². The topological polar surface area (TPSA) is 119 Å². The minimum Gasteiger partial charge on any atom is -0.479 e. The Hall–Kier alpha value is -1.97. The van der Waals surface area contributed by atoms with Gasteiger partial charge in [-0.05, 0) is 24.3 Å². The first-order valence-corrected chi connectivity index (χ1v) is 8.91. The molecule has 1 saturated heterocycles. The number of carboxylic acids is 1. The number of carboxylic acid groups (broad SMARTS) is 1. The van der Waals surface area contributed by atoms with Gasteiger partial charge in [0.05, 0.1) is 23.9 Å². The number of rotatable bonds is 7. The van der Waals surface area contributed by atoms with Crippen LogP contribution in [0, 0.1) is 0 Å². The van der Waals surface area contributed by atoms with Crippen LogP contribution in [0.5, 0.6) is 0 Å². The van der Waals surface area contributed by atoms with E-state index >= 15 is 0 Å². The molecule has 0 saturated carbocycles. The van der Waals surface area contributed by atoms with Gasteiger partial charge in [0.25, 0.3) is 5.91 Å². The van der Waals surface area contributed by atoms with Crippen LogP contribution in [-0.4, -0.2) is 63.6 Å². The number of hydrogen-bond donors (Lipinski definition) is 2. The molecule has 8 nitrogen and oxygen atoms in total. The zero-order chi connectivity index (χ0) is 17.8. The number of hydrogen-bond acceptors (Lipinski definition) is 6. The molecule has 1 atom stereocenters. The number of carbonyl (C=O) groups excluding carboxylic acids is 1. The smallest absolute Gasteiger partial charge is 0.331 e. The molecule has 0 radical (unpaired) electrons. The summed E-state index contributed by atoms with van der Waals surface area (Å²) in [6.45, 7) is 0.229. The van der Waals surface area contributed by atoms with E-state index in [9.17, 15) is 23.1 Å². The van der Waals surface area contributed by atoms with Crippen LogP contribution >= 0.6 is 0 Å². The van der Waals surface area contributed by atoms with E-state index in [0.717, 1.165) is 0 Å². The fourth-order valence-electron chi connectivity index (χ4n) is 2.30. The minimum atomic E-state index is -3.48. The van der Waals surface area contributed by atoms with Crippen molar-refractivity contribution >= 4 is 21.7 Å². The van der Waals surface area contributed by atoms with Crippen LogP contribution in [0.4, 0.5) is 0 Å². The average molecular weight is 357 g/mol. The summed E-state index contributed by atoms with van der Waals surface area (Å²) in [5.41, 5.74) is -1.27. The maximum absolute atomic E-state index is 12.2. The lowest BCUT2D eigenvalue weighted by Crippen LogP contribution is -2.55. The van der Waals surface area contributed by atoms with Crippen molar-refractivity contribution in [3.63, 3.8) is 0 Å². The van der Waals surface area contributed by atoms with Gasteiger partial charge < -0.3 is 19.9 Å². The predicted molar refractivity (Wildman–Crippen MR) is 83.6 cm³/mol. The maximum Gasteiger partial charge on any atom is 0.331 e. The van der Waals surface area contributed by atoms with E-state index in [-0.39, 0.29) is 42.5 Å². The van der Waals surface area contributed by atoms with Gasteiger partial charge in [-0.15, -0.1) is 0 Å². The highest BCUT2D eigenvalue weighted by Crippen LogP contribution is 2.20. The van der Waals surface area contributed by atoms with Gasteiger partial charge in [-0.2, -0.15) is 0 Å². The highest BCUT2D eigenvalue weighted by Gasteiger charge is 2.44. The molecule has 1 aliphatic rings. The van der Waals surface area contributed by atoms with Gasteiger partial charge in [0.1, 0.15) is 0 Å². The second-order valence-electron chi connectivity index (χ2n) is 5.48. The van der Waals surface area contributed by atoms with Crippen LogP contribution in [-0.2, 0) is 24.1 Å². The predicted octanol–water partition coefficient (Wildman–Crippen LogP) is 0.0802. The molecule has 1 unspecified atom stereocenters. The van der Waals surface area contributed by atoms with Crippen LogP contribution in [0.15, 0.2) is 29.2 Å². The van der Waals surface area contributed by atoms with E-state index < -0.39 is 27.3 Å². The van der Waals surface area contributed by atoms with E-state index in [4.69, 9.17) is 9.47 Å². The van der Waals surface area contributed by atoms with Crippen molar-refractivity contribution in [3.05, 3.63) is 29.8 Å². The summed E-state index contributed by atoms with van der Waals surface area (Å²) in [4.78, 5) is 23.7. The first kappa shape index (κ1) is 18.4. The lowest BCUT2D eigenvalue weighted by molar-refractivity contribution is -0.144. The number of ether oxygens (including phenoxy) is 2. The van der Waals surface area contributed by atoms with Crippen LogP contribution in [0.3, 0.4) is 0 Å². The van der Waals surface area contributed by atoms with Crippen molar-refractivity contribution < 1.29 is 32.6 Å². The van der Waals surface area contributed by atoms with Gasteiger partial charge in [-0.25, -0.2) is 13.2 Å². The Kier molecular flexibility index (Phi) is 5.58. The second kappa shape index (κ2) is 7.29. The summed E-state index contributed by atoms with van der Waals surface area (Å²) in [7, 11) is -2.07. The quantitative estimate of drug-likeness (QED) is 0.709. The fraction of sp³-hybridized carbons (Fsp3) is 0.467. The Bertz CT molecular complexity index is 706. The van der Waals surface area contributed by atoms with Crippen molar-refractivity contribution in [1.29, 1.82) is 0 Å². The molecule has 2 N–H and O–H groups in total. The Labute approximate surface area is 139 Å². The largest absolute Gasteiger partial charge is 0.479 e. The molecule has 1 aromatic carbocycles. The molecule has 24 heavy (non-hydrogen) atoms. The highest BCUT2D eigenvalue weighted by molar-refractivity contribution is 7.91. The van der Waals surface area contributed by atoms with Crippen molar-refractivity contribution in [1.82, 2.24) is 5.32 Å². The third-order valence-electron chi connectivity index (χ3n) is 3.82. The normalized spacial score (nSPS) is 20.7. The summed E-state index contributed by atoms with van der Waals surface area (Å²) in [5, 5.41) is 11.8. The maximum atomic E-state index is 12.2. The van der Waals surface area contributed by atoms with Gasteiger partial charge in [0, 0.05) is 25.7 Å². The standard InChI is InChI=1S/C15H19NO7S/c1-22-8-9-24(20,21)12-4-2-11(3-5-12)13(17)16-15(14(18)19)6-7-23-10-15/h2-5H,6-10H2,1H3,(H,16,17)(H,18,19).